The maximum atomic E-state index is 11.4. The molecule has 64 valence electrons. The van der Waals surface area contributed by atoms with E-state index in [0.29, 0.717) is 0 Å². The molecule has 1 rings (SSSR count). The van der Waals surface area contributed by atoms with Gasteiger partial charge in [-0.25, -0.2) is 4.79 Å². The number of ether oxygens (including phenoxy) is 1. The largest absolute Gasteiger partial charge is 0.465 e. The second-order valence-electron chi connectivity index (χ2n) is 1.87. The summed E-state index contributed by atoms with van der Waals surface area (Å²) in [6, 6.07) is -0.272. The van der Waals surface area contributed by atoms with Crippen LogP contribution in [0, 0.1) is 3.57 Å². The van der Waals surface area contributed by atoms with Gasteiger partial charge < -0.3 is 4.74 Å². The molecule has 0 aliphatic carbocycles. The third-order valence-corrected chi connectivity index (χ3v) is 2.26. The molecule has 1 aromatic carbocycles. The van der Waals surface area contributed by atoms with Crippen molar-refractivity contribution in [2.45, 2.75) is 0 Å². The zero-order valence-corrected chi connectivity index (χ0v) is 9.82. The first-order valence-electron chi connectivity index (χ1n) is 4.44. The molecule has 0 saturated carbocycles. The van der Waals surface area contributed by atoms with E-state index in [-0.39, 0.29) is 31.7 Å². The molecule has 0 N–H and O–H groups in total. The molecule has 0 aromatic heterocycles. The van der Waals surface area contributed by atoms with Crippen molar-refractivity contribution in [2.75, 3.05) is 7.11 Å². The van der Waals surface area contributed by atoms with Crippen LogP contribution in [0.5, 0.6) is 0 Å². The fourth-order valence-corrected chi connectivity index (χ4v) is 1.38. The maximum absolute atomic E-state index is 11.4. The third-order valence-electron chi connectivity index (χ3n) is 1.13. The van der Waals surface area contributed by atoms with Gasteiger partial charge in [-0.05, 0) is 56.6 Å². The predicted molar refractivity (Wildman–Crippen MR) is 58.2 cm³/mol. The van der Waals surface area contributed by atoms with E-state index in [9.17, 15) is 4.79 Å². The monoisotopic (exact) mass is 343 g/mol. The number of hydrogen-bond acceptors (Lipinski definition) is 2. The quantitative estimate of drug-likeness (QED) is 0.579. The molecule has 0 bridgehead atoms. The van der Waals surface area contributed by atoms with Gasteiger partial charge >= 0.3 is 5.97 Å². The molecule has 0 aliphatic rings. The molecule has 4 heteroatoms. The van der Waals surface area contributed by atoms with E-state index in [1.165, 1.54) is 7.11 Å². The van der Waals surface area contributed by atoms with Crippen LogP contribution in [0.1, 0.15) is 14.5 Å². The SMILES string of the molecule is [2H]c1c([2H])c(I)c([2H])c(C(=O)OC)c1Br. The lowest BCUT2D eigenvalue weighted by molar-refractivity contribution is 0.0599. The lowest BCUT2D eigenvalue weighted by Gasteiger charge is -2.01. The van der Waals surface area contributed by atoms with Crippen molar-refractivity contribution in [3.63, 3.8) is 0 Å². The number of rotatable bonds is 1. The molecule has 0 unspecified atom stereocenters. The molecule has 0 amide bonds. The first-order chi connectivity index (χ1) is 6.91. The van der Waals surface area contributed by atoms with Crippen molar-refractivity contribution in [2.24, 2.45) is 0 Å². The Labute approximate surface area is 96.8 Å². The number of carbonyl (C=O) groups is 1. The van der Waals surface area contributed by atoms with Gasteiger partial charge in [0.2, 0.25) is 0 Å². The topological polar surface area (TPSA) is 26.3 Å². The Bertz CT molecular complexity index is 407. The van der Waals surface area contributed by atoms with E-state index in [1.807, 2.05) is 0 Å². The predicted octanol–water partition coefficient (Wildman–Crippen LogP) is 2.84. The normalized spacial score (nSPS) is 13.1. The molecule has 0 radical (unpaired) electrons. The fraction of sp³-hybridized carbons (Fsp3) is 0.125. The van der Waals surface area contributed by atoms with Crippen molar-refractivity contribution in [1.29, 1.82) is 0 Å². The summed E-state index contributed by atoms with van der Waals surface area (Å²) >= 11 is 4.79. The van der Waals surface area contributed by atoms with E-state index in [2.05, 4.69) is 20.7 Å². The molecular weight excluding hydrogens is 335 g/mol. The van der Waals surface area contributed by atoms with Gasteiger partial charge in [0.25, 0.3) is 0 Å². The Kier molecular flexibility index (Phi) is 2.24. The summed E-state index contributed by atoms with van der Waals surface area (Å²) in [4.78, 5) is 11.4. The molecule has 0 fully saturated rings. The second-order valence-corrected chi connectivity index (χ2v) is 3.74. The highest BCUT2D eigenvalue weighted by molar-refractivity contribution is 14.1. The van der Waals surface area contributed by atoms with Crippen LogP contribution in [0.15, 0.2) is 22.6 Å². The lowest BCUT2D eigenvalue weighted by Crippen LogP contribution is -2.02. The van der Waals surface area contributed by atoms with Gasteiger partial charge in [0.1, 0.15) is 0 Å². The van der Waals surface area contributed by atoms with Gasteiger partial charge in [-0.2, -0.15) is 0 Å². The second kappa shape index (κ2) is 4.23. The highest BCUT2D eigenvalue weighted by Gasteiger charge is 2.09. The van der Waals surface area contributed by atoms with Crippen LogP contribution in [0.2, 0.25) is 0 Å². The molecule has 0 aliphatic heterocycles. The molecular formula is C8H6BrIO2. The van der Waals surface area contributed by atoms with Crippen LogP contribution in [-0.4, -0.2) is 13.1 Å². The summed E-state index contributed by atoms with van der Waals surface area (Å²) in [5.41, 5.74) is -0.0112. The minimum absolute atomic E-state index is 0.0112. The first kappa shape index (κ1) is 6.37. The fourth-order valence-electron chi connectivity index (χ4n) is 0.611. The summed E-state index contributed by atoms with van der Waals surface area (Å²) in [7, 11) is 1.21. The van der Waals surface area contributed by atoms with Crippen LogP contribution < -0.4 is 0 Å². The van der Waals surface area contributed by atoms with Crippen LogP contribution in [-0.2, 0) is 4.74 Å². The van der Waals surface area contributed by atoms with Gasteiger partial charge in [0.15, 0.2) is 0 Å². The summed E-state index contributed by atoms with van der Waals surface area (Å²) in [6.45, 7) is 0. The lowest BCUT2D eigenvalue weighted by atomic mass is 10.2. The van der Waals surface area contributed by atoms with Gasteiger partial charge in [-0.15, -0.1) is 0 Å². The zero-order valence-electron chi connectivity index (χ0n) is 9.07. The van der Waals surface area contributed by atoms with Crippen molar-refractivity contribution in [3.8, 4) is 0 Å². The number of carbonyl (C=O) groups excluding carboxylic acids is 1. The van der Waals surface area contributed by atoms with Gasteiger partial charge in [-0.1, -0.05) is 0 Å². The Morgan fingerprint density at radius 2 is 2.42 bits per heavy atom. The minimum atomic E-state index is -0.682. The summed E-state index contributed by atoms with van der Waals surface area (Å²) in [5.74, 6) is -0.682. The molecule has 1 aromatic rings. The summed E-state index contributed by atoms with van der Waals surface area (Å²) in [6.07, 6.45) is 0. The van der Waals surface area contributed by atoms with E-state index in [4.69, 9.17) is 4.11 Å². The van der Waals surface area contributed by atoms with Crippen molar-refractivity contribution in [3.05, 3.63) is 31.7 Å². The van der Waals surface area contributed by atoms with E-state index in [0.717, 1.165) is 0 Å². The van der Waals surface area contributed by atoms with Crippen LogP contribution in [0.3, 0.4) is 0 Å². The number of halogens is 2. The standard InChI is InChI=1S/C8H6BrIO2/c1-12-8(11)6-4-5(10)2-3-7(6)9/h2-4H,1H3/i2D,3D,4D. The maximum Gasteiger partial charge on any atom is 0.339 e. The van der Waals surface area contributed by atoms with Crippen LogP contribution in [0.4, 0.5) is 0 Å². The van der Waals surface area contributed by atoms with Crippen LogP contribution in [0.25, 0.3) is 0 Å². The minimum Gasteiger partial charge on any atom is -0.465 e. The Balaban J connectivity index is 3.60. The molecule has 0 heterocycles. The highest BCUT2D eigenvalue weighted by atomic mass is 127. The van der Waals surface area contributed by atoms with Gasteiger partial charge in [0.05, 0.1) is 16.8 Å². The number of benzene rings is 1. The third kappa shape index (κ3) is 2.20. The van der Waals surface area contributed by atoms with Crippen molar-refractivity contribution in [1.82, 2.24) is 0 Å². The number of methoxy groups -OCH3 is 1. The molecule has 0 spiro atoms. The number of hydrogen-bond donors (Lipinski definition) is 0. The Morgan fingerprint density at radius 1 is 1.75 bits per heavy atom. The van der Waals surface area contributed by atoms with Crippen LogP contribution >= 0.6 is 38.5 Å². The van der Waals surface area contributed by atoms with Crippen molar-refractivity contribution >= 4 is 44.5 Å². The van der Waals surface area contributed by atoms with Crippen molar-refractivity contribution < 1.29 is 13.6 Å². The van der Waals surface area contributed by atoms with Gasteiger partial charge in [0, 0.05) is 8.04 Å². The average Bonchev–Trinajstić information content (AvgIpc) is 2.23. The molecule has 0 atom stereocenters. The first-order valence-corrected chi connectivity index (χ1v) is 4.82. The van der Waals surface area contributed by atoms with E-state index >= 15 is 0 Å². The summed E-state index contributed by atoms with van der Waals surface area (Å²) in [5, 5.41) is 0. The molecule has 2 nitrogen and oxygen atoms in total. The average molecular weight is 344 g/mol. The van der Waals surface area contributed by atoms with Gasteiger partial charge in [-0.3, -0.25) is 0 Å². The highest BCUT2D eigenvalue weighted by Crippen LogP contribution is 2.19. The Hall–Kier alpha value is -0.100. The zero-order chi connectivity index (χ0) is 11.7. The molecule has 0 saturated heterocycles. The smallest absolute Gasteiger partial charge is 0.339 e. The Morgan fingerprint density at radius 3 is 3.00 bits per heavy atom. The van der Waals surface area contributed by atoms with E-state index in [1.54, 1.807) is 22.6 Å². The van der Waals surface area contributed by atoms with E-state index < -0.39 is 5.97 Å². The molecule has 12 heavy (non-hydrogen) atoms. The summed E-state index contributed by atoms with van der Waals surface area (Å²) < 4.78 is 27.7. The number of esters is 1.